The third-order valence-electron chi connectivity index (χ3n) is 4.89. The number of aryl methyl sites for hydroxylation is 1. The van der Waals surface area contributed by atoms with Gasteiger partial charge in [-0.2, -0.15) is 8.42 Å². The van der Waals surface area contributed by atoms with E-state index < -0.39 is 27.1 Å². The standard InChI is InChI=1S/C24H17BrFNO5S2/c1-15-2-9-19(10-3-15)34(30,31)32-21-11-6-17(12-20(21)25)13-22-23(28)27(24(29)33-22)14-16-4-7-18(26)8-5-16/h2-13H,14H2,1H3/b22-13-. The number of hydrogen-bond acceptors (Lipinski definition) is 6. The molecule has 0 spiro atoms. The van der Waals surface area contributed by atoms with Gasteiger partial charge in [0.1, 0.15) is 10.7 Å². The van der Waals surface area contributed by atoms with Crippen molar-refractivity contribution in [2.24, 2.45) is 0 Å². The molecule has 4 rings (SSSR count). The van der Waals surface area contributed by atoms with Gasteiger partial charge in [0.25, 0.3) is 11.1 Å². The maximum atomic E-state index is 13.1. The summed E-state index contributed by atoms with van der Waals surface area (Å²) in [5.41, 5.74) is 2.12. The Morgan fingerprint density at radius 3 is 2.35 bits per heavy atom. The minimum atomic E-state index is -4.02. The molecule has 0 aliphatic carbocycles. The third-order valence-corrected chi connectivity index (χ3v) is 7.67. The fraction of sp³-hybridized carbons (Fsp3) is 0.0833. The molecule has 3 aromatic rings. The number of carbonyl (C=O) groups is 2. The summed E-state index contributed by atoms with van der Waals surface area (Å²) in [7, 11) is -4.02. The molecule has 0 aromatic heterocycles. The van der Waals surface area contributed by atoms with Crippen LogP contribution in [0.3, 0.4) is 0 Å². The van der Waals surface area contributed by atoms with Crippen molar-refractivity contribution in [3.8, 4) is 5.75 Å². The van der Waals surface area contributed by atoms with Crippen LogP contribution in [-0.4, -0.2) is 24.5 Å². The second-order valence-electron chi connectivity index (χ2n) is 7.43. The molecule has 1 heterocycles. The lowest BCUT2D eigenvalue weighted by Gasteiger charge is -2.12. The Balaban J connectivity index is 1.51. The Bertz CT molecular complexity index is 1400. The van der Waals surface area contributed by atoms with Gasteiger partial charge in [0, 0.05) is 0 Å². The number of halogens is 2. The second-order valence-corrected chi connectivity index (χ2v) is 10.8. The molecular formula is C24H17BrFNO5S2. The zero-order valence-corrected chi connectivity index (χ0v) is 20.9. The maximum Gasteiger partial charge on any atom is 0.339 e. The summed E-state index contributed by atoms with van der Waals surface area (Å²) in [6, 6.07) is 16.5. The zero-order valence-electron chi connectivity index (χ0n) is 17.7. The highest BCUT2D eigenvalue weighted by molar-refractivity contribution is 9.10. The highest BCUT2D eigenvalue weighted by atomic mass is 79.9. The number of thioether (sulfide) groups is 1. The average Bonchev–Trinajstić information content (AvgIpc) is 3.04. The highest BCUT2D eigenvalue weighted by Gasteiger charge is 2.35. The number of hydrogen-bond donors (Lipinski definition) is 0. The molecule has 3 aromatic carbocycles. The molecule has 1 aliphatic rings. The highest BCUT2D eigenvalue weighted by Crippen LogP contribution is 2.35. The van der Waals surface area contributed by atoms with Crippen molar-refractivity contribution >= 4 is 55.0 Å². The van der Waals surface area contributed by atoms with Crippen LogP contribution in [-0.2, 0) is 21.5 Å². The molecule has 0 saturated carbocycles. The van der Waals surface area contributed by atoms with E-state index in [0.717, 1.165) is 22.2 Å². The number of rotatable bonds is 6. The van der Waals surface area contributed by atoms with Gasteiger partial charge in [-0.3, -0.25) is 14.5 Å². The summed E-state index contributed by atoms with van der Waals surface area (Å²) in [6.07, 6.45) is 1.54. The molecule has 0 unspecified atom stereocenters. The Hall–Kier alpha value is -2.95. The monoisotopic (exact) mass is 561 g/mol. The van der Waals surface area contributed by atoms with Gasteiger partial charge in [-0.05, 0) is 88.2 Å². The number of carbonyl (C=O) groups excluding carboxylic acids is 2. The summed E-state index contributed by atoms with van der Waals surface area (Å²) >= 11 is 4.10. The van der Waals surface area contributed by atoms with Crippen molar-refractivity contribution in [1.82, 2.24) is 4.90 Å². The van der Waals surface area contributed by atoms with Crippen LogP contribution in [0.4, 0.5) is 9.18 Å². The van der Waals surface area contributed by atoms with Gasteiger partial charge in [0.15, 0.2) is 5.75 Å². The molecule has 1 fully saturated rings. The number of amides is 2. The summed E-state index contributed by atoms with van der Waals surface area (Å²) in [5, 5.41) is -0.427. The lowest BCUT2D eigenvalue weighted by Crippen LogP contribution is -2.27. The molecule has 1 saturated heterocycles. The van der Waals surface area contributed by atoms with Gasteiger partial charge in [-0.1, -0.05) is 35.9 Å². The molecule has 1 aliphatic heterocycles. The van der Waals surface area contributed by atoms with Crippen LogP contribution in [0, 0.1) is 12.7 Å². The Kier molecular flexibility index (Phi) is 6.92. The van der Waals surface area contributed by atoms with E-state index in [-0.39, 0.29) is 22.1 Å². The van der Waals surface area contributed by atoms with Crippen molar-refractivity contribution in [3.05, 3.63) is 98.6 Å². The normalized spacial score (nSPS) is 15.3. The van der Waals surface area contributed by atoms with E-state index >= 15 is 0 Å². The molecule has 0 radical (unpaired) electrons. The van der Waals surface area contributed by atoms with Crippen molar-refractivity contribution < 1.29 is 26.6 Å². The maximum absolute atomic E-state index is 13.1. The average molecular weight is 562 g/mol. The SMILES string of the molecule is Cc1ccc(S(=O)(=O)Oc2ccc(/C=C3\SC(=O)N(Cc4ccc(F)cc4)C3=O)cc2Br)cc1. The van der Waals surface area contributed by atoms with Crippen LogP contribution in [0.1, 0.15) is 16.7 Å². The Labute approximate surface area is 208 Å². The molecule has 2 amide bonds. The van der Waals surface area contributed by atoms with Crippen LogP contribution in [0.2, 0.25) is 0 Å². The van der Waals surface area contributed by atoms with Crippen LogP contribution >= 0.6 is 27.7 Å². The fourth-order valence-electron chi connectivity index (χ4n) is 3.11. The Morgan fingerprint density at radius 2 is 1.71 bits per heavy atom. The van der Waals surface area contributed by atoms with Gasteiger partial charge in [-0.15, -0.1) is 0 Å². The van der Waals surface area contributed by atoms with Crippen LogP contribution in [0.5, 0.6) is 5.75 Å². The molecular weight excluding hydrogens is 545 g/mol. The van der Waals surface area contributed by atoms with E-state index in [2.05, 4.69) is 15.9 Å². The van der Waals surface area contributed by atoms with E-state index in [4.69, 9.17) is 4.18 Å². The molecule has 10 heteroatoms. The molecule has 174 valence electrons. The van der Waals surface area contributed by atoms with Gasteiger partial charge >= 0.3 is 10.1 Å². The minimum Gasteiger partial charge on any atom is -0.378 e. The number of benzene rings is 3. The smallest absolute Gasteiger partial charge is 0.339 e. The van der Waals surface area contributed by atoms with Gasteiger partial charge in [-0.25, -0.2) is 4.39 Å². The van der Waals surface area contributed by atoms with E-state index in [1.54, 1.807) is 30.3 Å². The number of imide groups is 1. The van der Waals surface area contributed by atoms with Gasteiger partial charge in [0.2, 0.25) is 0 Å². The zero-order chi connectivity index (χ0) is 24.5. The van der Waals surface area contributed by atoms with Crippen molar-refractivity contribution in [2.75, 3.05) is 0 Å². The Morgan fingerprint density at radius 1 is 1.03 bits per heavy atom. The van der Waals surface area contributed by atoms with Crippen LogP contribution in [0.15, 0.2) is 81.0 Å². The first kappa shape index (κ1) is 24.2. The molecule has 0 atom stereocenters. The fourth-order valence-corrected chi connectivity index (χ4v) is 5.48. The van der Waals surface area contributed by atoms with E-state index in [9.17, 15) is 22.4 Å². The van der Waals surface area contributed by atoms with Crippen LogP contribution < -0.4 is 4.18 Å². The van der Waals surface area contributed by atoms with Crippen molar-refractivity contribution in [3.63, 3.8) is 0 Å². The van der Waals surface area contributed by atoms with Crippen LogP contribution in [0.25, 0.3) is 6.08 Å². The third kappa shape index (κ3) is 5.40. The lowest BCUT2D eigenvalue weighted by atomic mass is 10.2. The summed E-state index contributed by atoms with van der Waals surface area (Å²) in [4.78, 5) is 26.4. The molecule has 6 nitrogen and oxygen atoms in total. The van der Waals surface area contributed by atoms with E-state index in [0.29, 0.717) is 15.6 Å². The molecule has 34 heavy (non-hydrogen) atoms. The minimum absolute atomic E-state index is 0.0314. The summed E-state index contributed by atoms with van der Waals surface area (Å²) in [5.74, 6) is -0.776. The largest absolute Gasteiger partial charge is 0.378 e. The first-order chi connectivity index (χ1) is 16.1. The first-order valence-corrected chi connectivity index (χ1v) is 12.9. The summed E-state index contributed by atoms with van der Waals surface area (Å²) < 4.78 is 43.8. The van der Waals surface area contributed by atoms with E-state index in [1.807, 2.05) is 6.92 Å². The number of nitrogens with zero attached hydrogens (tertiary/aromatic N) is 1. The van der Waals surface area contributed by atoms with Gasteiger partial charge < -0.3 is 4.18 Å². The molecule has 0 bridgehead atoms. The quantitative estimate of drug-likeness (QED) is 0.275. The van der Waals surface area contributed by atoms with Crippen molar-refractivity contribution in [1.29, 1.82) is 0 Å². The van der Waals surface area contributed by atoms with Crippen molar-refractivity contribution in [2.45, 2.75) is 18.4 Å². The molecule has 0 N–H and O–H groups in total. The predicted octanol–water partition coefficient (Wildman–Crippen LogP) is 5.90. The first-order valence-electron chi connectivity index (χ1n) is 9.93. The van der Waals surface area contributed by atoms with E-state index in [1.165, 1.54) is 42.5 Å². The van der Waals surface area contributed by atoms with Gasteiger partial charge in [0.05, 0.1) is 15.9 Å². The summed E-state index contributed by atoms with van der Waals surface area (Å²) in [6.45, 7) is 1.89. The lowest BCUT2D eigenvalue weighted by molar-refractivity contribution is -0.123. The predicted molar refractivity (Wildman–Crippen MR) is 131 cm³/mol. The second kappa shape index (κ2) is 9.73. The topological polar surface area (TPSA) is 80.8 Å².